The Balaban J connectivity index is 2.18. The highest BCUT2D eigenvalue weighted by Gasteiger charge is 2.14. The van der Waals surface area contributed by atoms with Crippen molar-refractivity contribution in [1.82, 2.24) is 10.2 Å². The predicted molar refractivity (Wildman–Crippen MR) is 57.9 cm³/mol. The van der Waals surface area contributed by atoms with Gasteiger partial charge in [-0.3, -0.25) is 0 Å². The molecule has 0 bridgehead atoms. The molecule has 1 N–H and O–H groups in total. The van der Waals surface area contributed by atoms with Gasteiger partial charge in [0.15, 0.2) is 0 Å². The second kappa shape index (κ2) is 5.40. The van der Waals surface area contributed by atoms with Crippen LogP contribution in [-0.4, -0.2) is 38.1 Å². The smallest absolute Gasteiger partial charge is 0.0184 e. The summed E-state index contributed by atoms with van der Waals surface area (Å²) in [5.74, 6) is 0.845. The third-order valence-corrected chi connectivity index (χ3v) is 2.51. The van der Waals surface area contributed by atoms with Crippen molar-refractivity contribution in [3.63, 3.8) is 0 Å². The lowest BCUT2D eigenvalue weighted by molar-refractivity contribution is 0.256. The van der Waals surface area contributed by atoms with Crippen LogP contribution < -0.4 is 5.32 Å². The number of hydrogen-bond acceptors (Lipinski definition) is 2. The minimum atomic E-state index is 0.845. The molecule has 1 unspecified atom stereocenters. The Morgan fingerprint density at radius 3 is 2.92 bits per heavy atom. The van der Waals surface area contributed by atoms with E-state index in [4.69, 9.17) is 0 Å². The molecule has 1 heterocycles. The van der Waals surface area contributed by atoms with E-state index in [0.29, 0.717) is 0 Å². The first-order chi connectivity index (χ1) is 6.18. The quantitative estimate of drug-likeness (QED) is 0.663. The zero-order valence-electron chi connectivity index (χ0n) is 8.97. The number of rotatable bonds is 4. The van der Waals surface area contributed by atoms with Gasteiger partial charge in [0.1, 0.15) is 0 Å². The minimum absolute atomic E-state index is 0.845. The van der Waals surface area contributed by atoms with E-state index in [1.807, 2.05) is 0 Å². The van der Waals surface area contributed by atoms with Crippen molar-refractivity contribution in [1.29, 1.82) is 0 Å². The molecule has 0 aromatic carbocycles. The summed E-state index contributed by atoms with van der Waals surface area (Å²) in [6.45, 7) is 10.7. The van der Waals surface area contributed by atoms with Gasteiger partial charge in [-0.1, -0.05) is 12.2 Å². The molecule has 1 atom stereocenters. The Bertz CT molecular complexity index is 159. The van der Waals surface area contributed by atoms with E-state index in [9.17, 15) is 0 Å². The van der Waals surface area contributed by atoms with Gasteiger partial charge in [-0.15, -0.1) is 0 Å². The van der Waals surface area contributed by atoms with E-state index in [2.05, 4.69) is 30.8 Å². The molecule has 1 aliphatic rings. The second-order valence-electron chi connectivity index (χ2n) is 4.37. The van der Waals surface area contributed by atoms with Gasteiger partial charge in [-0.25, -0.2) is 0 Å². The molecule has 0 aromatic heterocycles. The number of piperidine rings is 1. The van der Waals surface area contributed by atoms with Crippen LogP contribution in [0.15, 0.2) is 12.2 Å². The largest absolute Gasteiger partial charge is 0.316 e. The van der Waals surface area contributed by atoms with Gasteiger partial charge in [-0.05, 0) is 45.8 Å². The minimum Gasteiger partial charge on any atom is -0.316 e. The summed E-state index contributed by atoms with van der Waals surface area (Å²) in [6, 6.07) is 0. The zero-order valence-corrected chi connectivity index (χ0v) is 8.97. The monoisotopic (exact) mass is 182 g/mol. The first kappa shape index (κ1) is 10.7. The van der Waals surface area contributed by atoms with Crippen LogP contribution in [0.25, 0.3) is 0 Å². The second-order valence-corrected chi connectivity index (χ2v) is 4.37. The van der Waals surface area contributed by atoms with E-state index in [0.717, 1.165) is 12.5 Å². The van der Waals surface area contributed by atoms with Crippen LogP contribution in [0.3, 0.4) is 0 Å². The maximum Gasteiger partial charge on any atom is 0.0184 e. The maximum atomic E-state index is 3.93. The Kier molecular flexibility index (Phi) is 4.46. The number of likely N-dealkylation sites (N-methyl/N-ethyl adjacent to an activating group) is 1. The molecule has 1 rings (SSSR count). The molecule has 1 fully saturated rings. The van der Waals surface area contributed by atoms with E-state index in [1.165, 1.54) is 38.0 Å². The van der Waals surface area contributed by atoms with Gasteiger partial charge in [0.05, 0.1) is 0 Å². The van der Waals surface area contributed by atoms with Gasteiger partial charge < -0.3 is 10.2 Å². The fourth-order valence-electron chi connectivity index (χ4n) is 2.05. The fourth-order valence-corrected chi connectivity index (χ4v) is 2.05. The van der Waals surface area contributed by atoms with Crippen molar-refractivity contribution in [2.24, 2.45) is 5.92 Å². The summed E-state index contributed by atoms with van der Waals surface area (Å²) < 4.78 is 0. The van der Waals surface area contributed by atoms with Crippen LogP contribution in [0.4, 0.5) is 0 Å². The lowest BCUT2D eigenvalue weighted by atomic mass is 9.99. The lowest BCUT2D eigenvalue weighted by Crippen LogP contribution is -2.37. The average Bonchev–Trinajstić information content (AvgIpc) is 2.04. The number of nitrogens with zero attached hydrogens (tertiary/aromatic N) is 1. The third-order valence-electron chi connectivity index (χ3n) is 2.51. The predicted octanol–water partition coefficient (Wildman–Crippen LogP) is 1.49. The van der Waals surface area contributed by atoms with Crippen LogP contribution in [-0.2, 0) is 0 Å². The van der Waals surface area contributed by atoms with Crippen molar-refractivity contribution < 1.29 is 0 Å². The lowest BCUT2D eigenvalue weighted by Gasteiger charge is -2.27. The highest BCUT2D eigenvalue weighted by atomic mass is 15.1. The zero-order chi connectivity index (χ0) is 9.68. The van der Waals surface area contributed by atoms with Crippen LogP contribution in [0.2, 0.25) is 0 Å². The Labute approximate surface area is 82.0 Å². The van der Waals surface area contributed by atoms with Crippen molar-refractivity contribution >= 4 is 0 Å². The summed E-state index contributed by atoms with van der Waals surface area (Å²) in [4.78, 5) is 2.38. The van der Waals surface area contributed by atoms with Crippen molar-refractivity contribution in [3.8, 4) is 0 Å². The number of hydrogen-bond donors (Lipinski definition) is 1. The fraction of sp³-hybridized carbons (Fsp3) is 0.818. The molecule has 0 aliphatic carbocycles. The Morgan fingerprint density at radius 2 is 2.38 bits per heavy atom. The van der Waals surface area contributed by atoms with Crippen LogP contribution >= 0.6 is 0 Å². The van der Waals surface area contributed by atoms with Crippen LogP contribution in [0.1, 0.15) is 19.8 Å². The molecule has 0 aromatic rings. The van der Waals surface area contributed by atoms with Gasteiger partial charge in [0.2, 0.25) is 0 Å². The Morgan fingerprint density at radius 1 is 1.62 bits per heavy atom. The van der Waals surface area contributed by atoms with E-state index in [1.54, 1.807) is 0 Å². The third kappa shape index (κ3) is 4.44. The van der Waals surface area contributed by atoms with E-state index in [-0.39, 0.29) is 0 Å². The molecular formula is C11H22N2. The van der Waals surface area contributed by atoms with Crippen molar-refractivity contribution in [2.45, 2.75) is 19.8 Å². The molecule has 1 aliphatic heterocycles. The van der Waals surface area contributed by atoms with E-state index < -0.39 is 0 Å². The van der Waals surface area contributed by atoms with Crippen LogP contribution in [0.5, 0.6) is 0 Å². The molecule has 0 spiro atoms. The van der Waals surface area contributed by atoms with Gasteiger partial charge in [-0.2, -0.15) is 0 Å². The molecule has 0 amide bonds. The molecule has 0 radical (unpaired) electrons. The molecule has 2 heteroatoms. The summed E-state index contributed by atoms with van der Waals surface area (Å²) >= 11 is 0. The normalized spacial score (nSPS) is 23.5. The van der Waals surface area contributed by atoms with Crippen molar-refractivity contribution in [3.05, 3.63) is 12.2 Å². The molecule has 1 saturated heterocycles. The highest BCUT2D eigenvalue weighted by Crippen LogP contribution is 2.11. The average molecular weight is 182 g/mol. The van der Waals surface area contributed by atoms with Gasteiger partial charge in [0, 0.05) is 13.1 Å². The SMILES string of the molecule is C=C(C)CN(C)CC1CCCNC1. The summed E-state index contributed by atoms with van der Waals surface area (Å²) in [5, 5.41) is 3.44. The summed E-state index contributed by atoms with van der Waals surface area (Å²) in [5.41, 5.74) is 1.26. The molecule has 76 valence electrons. The molecular weight excluding hydrogens is 160 g/mol. The summed E-state index contributed by atoms with van der Waals surface area (Å²) in [6.07, 6.45) is 2.72. The standard InChI is InChI=1S/C11H22N2/c1-10(2)8-13(3)9-11-5-4-6-12-7-11/h11-12H,1,4-9H2,2-3H3. The summed E-state index contributed by atoms with van der Waals surface area (Å²) in [7, 11) is 2.18. The molecule has 0 saturated carbocycles. The Hall–Kier alpha value is -0.340. The van der Waals surface area contributed by atoms with Crippen LogP contribution in [0, 0.1) is 5.92 Å². The van der Waals surface area contributed by atoms with Gasteiger partial charge >= 0.3 is 0 Å². The molecule has 2 nitrogen and oxygen atoms in total. The first-order valence-corrected chi connectivity index (χ1v) is 5.22. The maximum absolute atomic E-state index is 3.93. The molecule has 13 heavy (non-hydrogen) atoms. The van der Waals surface area contributed by atoms with Gasteiger partial charge in [0.25, 0.3) is 0 Å². The first-order valence-electron chi connectivity index (χ1n) is 5.22. The topological polar surface area (TPSA) is 15.3 Å². The van der Waals surface area contributed by atoms with E-state index >= 15 is 0 Å². The highest BCUT2D eigenvalue weighted by molar-refractivity contribution is 4.91. The van der Waals surface area contributed by atoms with Crippen molar-refractivity contribution in [2.75, 3.05) is 33.2 Å². The number of nitrogens with one attached hydrogen (secondary N) is 1.